The summed E-state index contributed by atoms with van der Waals surface area (Å²) in [6, 6.07) is 23.4. The topological polar surface area (TPSA) is 0 Å². The number of hydrogen-bond acceptors (Lipinski definition) is 0. The maximum atomic E-state index is 2.70. The predicted octanol–water partition coefficient (Wildman–Crippen LogP) is 0.876. The Morgan fingerprint density at radius 3 is 1.41 bits per heavy atom. The minimum atomic E-state index is -2.09. The molecule has 4 heteroatoms. The van der Waals surface area contributed by atoms with E-state index in [-0.39, 0.29) is 24.8 Å². The van der Waals surface area contributed by atoms with E-state index in [1.165, 1.54) is 51.4 Å². The normalized spacial score (nSPS) is 22.3. The Morgan fingerprint density at radius 2 is 0.971 bits per heavy atom. The zero-order valence-electron chi connectivity index (χ0n) is 19.7. The van der Waals surface area contributed by atoms with Gasteiger partial charge in [-0.3, -0.25) is 0 Å². The maximum absolute atomic E-state index is 2.70. The van der Waals surface area contributed by atoms with E-state index in [4.69, 9.17) is 0 Å². The first-order valence-electron chi connectivity index (χ1n) is 12.6. The van der Waals surface area contributed by atoms with E-state index in [0.717, 1.165) is 7.25 Å². The minimum Gasteiger partial charge on any atom is -1.00 e. The molecule has 0 aromatic heterocycles. The number of benzene rings is 2. The molecule has 4 aliphatic rings. The third-order valence-electron chi connectivity index (χ3n) is 7.92. The smallest absolute Gasteiger partial charge is 1.00 e. The molecule has 6 rings (SSSR count). The van der Waals surface area contributed by atoms with Crippen molar-refractivity contribution in [3.05, 3.63) is 107 Å². The molecular weight excluding hydrogens is 551 g/mol. The van der Waals surface area contributed by atoms with Gasteiger partial charge in [0, 0.05) is 0 Å². The summed E-state index contributed by atoms with van der Waals surface area (Å²) in [7, 11) is 0. The molecule has 0 N–H and O–H groups in total. The minimum absolute atomic E-state index is 0. The molecule has 0 bridgehead atoms. The molecule has 0 aliphatic heterocycles. The van der Waals surface area contributed by atoms with E-state index in [1.807, 2.05) is 11.1 Å². The molecule has 0 nitrogen and oxygen atoms in total. The van der Waals surface area contributed by atoms with Gasteiger partial charge in [0.1, 0.15) is 0 Å². The van der Waals surface area contributed by atoms with Crippen LogP contribution in [0.4, 0.5) is 0 Å². The maximum Gasteiger partial charge on any atom is -1.00 e. The van der Waals surface area contributed by atoms with Crippen LogP contribution in [-0.2, 0) is 20.4 Å². The Balaban J connectivity index is 0.00000137. The standard InChI is InChI=1S/C12H10Si.2C9H11.2ClH.Zr/c1-3-7-11(8-4-1)13-12-9-5-2-6-10-12;2*1-2-5-9-7-3-6-8(9)4-1;;;/h1-10H;2*3,6-7H,1-2,4-5H2;2*1H;/q;;;;;+2/p-2. The largest absolute Gasteiger partial charge is 1.00 e. The summed E-state index contributed by atoms with van der Waals surface area (Å²) in [5.41, 5.74) is 6.42. The Labute approximate surface area is 225 Å². The molecule has 0 fully saturated rings. The zero-order chi connectivity index (χ0) is 21.3. The summed E-state index contributed by atoms with van der Waals surface area (Å²) in [4.78, 5) is 0. The van der Waals surface area contributed by atoms with Crippen LogP contribution in [0.1, 0.15) is 51.4 Å². The second-order valence-electron chi connectivity index (χ2n) is 9.75. The van der Waals surface area contributed by atoms with E-state index in [9.17, 15) is 0 Å². The van der Waals surface area contributed by atoms with Gasteiger partial charge in [-0.1, -0.05) is 0 Å². The van der Waals surface area contributed by atoms with Crippen molar-refractivity contribution >= 4 is 15.8 Å². The van der Waals surface area contributed by atoms with Gasteiger partial charge in [-0.2, -0.15) is 0 Å². The van der Waals surface area contributed by atoms with E-state index < -0.39 is 25.8 Å². The molecule has 0 saturated heterocycles. The van der Waals surface area contributed by atoms with E-state index in [1.54, 1.807) is 21.5 Å². The Kier molecular flexibility index (Phi) is 9.14. The van der Waals surface area contributed by atoms with Gasteiger partial charge in [-0.05, 0) is 0 Å². The quantitative estimate of drug-likeness (QED) is 0.470. The monoisotopic (exact) mass is 580 g/mol. The van der Waals surface area contributed by atoms with E-state index >= 15 is 0 Å². The van der Waals surface area contributed by atoms with Crippen LogP contribution in [0.15, 0.2) is 107 Å². The molecule has 2 unspecified atom stereocenters. The molecule has 0 spiro atoms. The SMILES string of the molecule is C1=C[CH]([Zr+2]([CH]2C=CC3=C2CCCC3)=[Si](c2ccccc2)c2ccccc2)C2=C1CCCC2.[Cl-].[Cl-]. The Bertz CT molecular complexity index is 1080. The second-order valence-corrected chi connectivity index (χ2v) is 24.1. The molecule has 2 aromatic carbocycles. The van der Waals surface area contributed by atoms with Crippen LogP contribution in [0.2, 0.25) is 7.25 Å². The average molecular weight is 583 g/mol. The number of allylic oxidation sites excluding steroid dienone is 8. The van der Waals surface area contributed by atoms with Gasteiger partial charge >= 0.3 is 202 Å². The van der Waals surface area contributed by atoms with Crippen molar-refractivity contribution in [1.29, 1.82) is 0 Å². The summed E-state index contributed by atoms with van der Waals surface area (Å²) < 4.78 is 1.59. The first-order chi connectivity index (χ1) is 15.9. The Morgan fingerprint density at radius 1 is 0.559 bits per heavy atom. The van der Waals surface area contributed by atoms with Crippen molar-refractivity contribution in [1.82, 2.24) is 0 Å². The molecule has 0 saturated carbocycles. The first kappa shape index (κ1) is 26.2. The fourth-order valence-corrected chi connectivity index (χ4v) is 30.2. The molecule has 174 valence electrons. The van der Waals surface area contributed by atoms with Gasteiger partial charge < -0.3 is 24.8 Å². The van der Waals surface area contributed by atoms with Crippen LogP contribution in [-0.4, -0.2) is 5.43 Å². The molecular formula is C30H32Cl2SiZr. The summed E-state index contributed by atoms with van der Waals surface area (Å²) in [5, 5.41) is 3.32. The average Bonchev–Trinajstić information content (AvgIpc) is 3.48. The van der Waals surface area contributed by atoms with Crippen LogP contribution in [0.3, 0.4) is 0 Å². The van der Waals surface area contributed by atoms with Crippen molar-refractivity contribution in [3.8, 4) is 0 Å². The third-order valence-corrected chi connectivity index (χ3v) is 28.5. The predicted molar refractivity (Wildman–Crippen MR) is 135 cm³/mol. The van der Waals surface area contributed by atoms with Crippen molar-refractivity contribution < 1.29 is 45.2 Å². The van der Waals surface area contributed by atoms with Gasteiger partial charge in [0.25, 0.3) is 0 Å². The fraction of sp³-hybridized carbons (Fsp3) is 0.333. The van der Waals surface area contributed by atoms with Gasteiger partial charge in [0.15, 0.2) is 0 Å². The van der Waals surface area contributed by atoms with E-state index in [0.29, 0.717) is 0 Å². The fourth-order valence-electron chi connectivity index (χ4n) is 6.45. The van der Waals surface area contributed by atoms with Crippen LogP contribution in [0, 0.1) is 0 Å². The summed E-state index contributed by atoms with van der Waals surface area (Å²) in [5.74, 6) is 0. The van der Waals surface area contributed by atoms with Crippen LogP contribution in [0.5, 0.6) is 0 Å². The molecule has 2 atom stereocenters. The van der Waals surface area contributed by atoms with E-state index in [2.05, 4.69) is 85.0 Å². The number of hydrogen-bond donors (Lipinski definition) is 0. The molecule has 4 aliphatic carbocycles. The molecule has 0 heterocycles. The number of halogens is 2. The molecule has 34 heavy (non-hydrogen) atoms. The number of rotatable bonds is 4. The van der Waals surface area contributed by atoms with Crippen molar-refractivity contribution in [2.24, 2.45) is 0 Å². The first-order valence-corrected chi connectivity index (χ1v) is 20.6. The second kappa shape index (κ2) is 11.9. The van der Waals surface area contributed by atoms with Crippen LogP contribution < -0.4 is 35.2 Å². The summed E-state index contributed by atoms with van der Waals surface area (Å²) in [6.45, 7) is 0. The van der Waals surface area contributed by atoms with Gasteiger partial charge in [-0.25, -0.2) is 0 Å². The van der Waals surface area contributed by atoms with Crippen molar-refractivity contribution in [2.75, 3.05) is 0 Å². The summed E-state index contributed by atoms with van der Waals surface area (Å²) in [6.07, 6.45) is 21.5. The zero-order valence-corrected chi connectivity index (χ0v) is 24.6. The molecule has 2 aromatic rings. The van der Waals surface area contributed by atoms with Gasteiger partial charge in [-0.15, -0.1) is 0 Å². The summed E-state index contributed by atoms with van der Waals surface area (Å²) >= 11 is -2.09. The molecule has 0 amide bonds. The van der Waals surface area contributed by atoms with Gasteiger partial charge in [0.05, 0.1) is 0 Å². The molecule has 0 radical (unpaired) electrons. The van der Waals surface area contributed by atoms with Crippen molar-refractivity contribution in [2.45, 2.75) is 58.6 Å². The van der Waals surface area contributed by atoms with Crippen LogP contribution >= 0.6 is 0 Å². The van der Waals surface area contributed by atoms with Gasteiger partial charge in [0.2, 0.25) is 0 Å². The third kappa shape index (κ3) is 4.99. The Hall–Kier alpha value is -0.920. The van der Waals surface area contributed by atoms with Crippen LogP contribution in [0.25, 0.3) is 0 Å². The van der Waals surface area contributed by atoms with Crippen molar-refractivity contribution in [3.63, 3.8) is 0 Å².